The Labute approximate surface area is 149 Å². The number of nitrogens with one attached hydrogen (secondary N) is 1. The minimum atomic E-state index is -4.95. The van der Waals surface area contributed by atoms with Crippen LogP contribution in [0, 0.1) is 0 Å². The molecule has 0 saturated heterocycles. The summed E-state index contributed by atoms with van der Waals surface area (Å²) in [5.41, 5.74) is -1.63. The number of hydrogen-bond acceptors (Lipinski definition) is 4. The Balaban J connectivity index is 2.34. The molecule has 0 aliphatic heterocycles. The van der Waals surface area contributed by atoms with Gasteiger partial charge in [-0.3, -0.25) is 0 Å². The number of alkyl halides is 5. The third-order valence-corrected chi connectivity index (χ3v) is 4.77. The summed E-state index contributed by atoms with van der Waals surface area (Å²) in [5.74, 6) is -0.410. The zero-order chi connectivity index (χ0) is 19.5. The van der Waals surface area contributed by atoms with E-state index in [0.717, 1.165) is 18.3 Å². The molecule has 0 saturated carbocycles. The van der Waals surface area contributed by atoms with Crippen molar-refractivity contribution in [3.63, 3.8) is 0 Å². The molecular weight excluding hydrogens is 407 g/mol. The predicted octanol–water partition coefficient (Wildman–Crippen LogP) is 3.83. The van der Waals surface area contributed by atoms with E-state index < -0.39 is 45.7 Å². The number of hydrogen-bond donors (Lipinski definition) is 1. The minimum Gasteiger partial charge on any atom is -0.434 e. The van der Waals surface area contributed by atoms with Gasteiger partial charge in [-0.2, -0.15) is 22.0 Å². The number of rotatable bonds is 6. The molecule has 0 unspecified atom stereocenters. The average molecular weight is 417 g/mol. The molecule has 0 aliphatic carbocycles. The summed E-state index contributed by atoms with van der Waals surface area (Å²) < 4.78 is 94.2. The van der Waals surface area contributed by atoms with Crippen molar-refractivity contribution >= 4 is 21.6 Å². The molecule has 1 heterocycles. The van der Waals surface area contributed by atoms with E-state index in [1.54, 1.807) is 0 Å². The highest BCUT2D eigenvalue weighted by Crippen LogP contribution is 2.33. The summed E-state index contributed by atoms with van der Waals surface area (Å²) >= 11 is 5.84. The van der Waals surface area contributed by atoms with Crippen LogP contribution in [0.1, 0.15) is 11.1 Å². The highest BCUT2D eigenvalue weighted by atomic mass is 35.5. The van der Waals surface area contributed by atoms with Crippen LogP contribution in [0.4, 0.5) is 22.0 Å². The first kappa shape index (κ1) is 20.3. The van der Waals surface area contributed by atoms with Crippen LogP contribution in [-0.4, -0.2) is 20.0 Å². The maximum Gasteiger partial charge on any atom is 0.419 e. The van der Waals surface area contributed by atoms with E-state index in [4.69, 9.17) is 11.6 Å². The zero-order valence-corrected chi connectivity index (χ0v) is 14.2. The zero-order valence-electron chi connectivity index (χ0n) is 12.6. The Morgan fingerprint density at radius 2 is 1.88 bits per heavy atom. The number of aromatic nitrogens is 1. The predicted molar refractivity (Wildman–Crippen MR) is 81.3 cm³/mol. The summed E-state index contributed by atoms with van der Waals surface area (Å²) in [6, 6.07) is 5.18. The van der Waals surface area contributed by atoms with Gasteiger partial charge in [-0.05, 0) is 24.3 Å². The van der Waals surface area contributed by atoms with Gasteiger partial charge in [0.05, 0.1) is 5.56 Å². The van der Waals surface area contributed by atoms with Crippen LogP contribution in [0.2, 0.25) is 5.02 Å². The molecule has 0 fully saturated rings. The van der Waals surface area contributed by atoms with Crippen LogP contribution in [0.25, 0.3) is 0 Å². The second-order valence-electron chi connectivity index (χ2n) is 4.77. The van der Waals surface area contributed by atoms with Crippen LogP contribution < -0.4 is 9.46 Å². The van der Waals surface area contributed by atoms with Crippen molar-refractivity contribution in [3.05, 3.63) is 52.7 Å². The SMILES string of the molecule is O=S(=O)(NCc1c(Cl)cccc1OC(F)F)c1ncccc1C(F)(F)F. The van der Waals surface area contributed by atoms with Crippen LogP contribution >= 0.6 is 11.6 Å². The van der Waals surface area contributed by atoms with Gasteiger partial charge in [0.2, 0.25) is 0 Å². The fourth-order valence-corrected chi connectivity index (χ4v) is 3.35. The summed E-state index contributed by atoms with van der Waals surface area (Å²) in [7, 11) is -4.72. The van der Waals surface area contributed by atoms with Gasteiger partial charge in [0, 0.05) is 23.3 Å². The lowest BCUT2D eigenvalue weighted by molar-refractivity contribution is -0.140. The van der Waals surface area contributed by atoms with E-state index in [0.29, 0.717) is 6.07 Å². The number of benzene rings is 1. The van der Waals surface area contributed by atoms with E-state index in [1.807, 2.05) is 4.72 Å². The van der Waals surface area contributed by atoms with Crippen molar-refractivity contribution in [1.29, 1.82) is 0 Å². The Morgan fingerprint density at radius 1 is 1.19 bits per heavy atom. The molecule has 0 amide bonds. The molecule has 0 atom stereocenters. The monoisotopic (exact) mass is 416 g/mol. The molecule has 26 heavy (non-hydrogen) atoms. The highest BCUT2D eigenvalue weighted by molar-refractivity contribution is 7.89. The number of halogens is 6. The summed E-state index contributed by atoms with van der Waals surface area (Å²) in [6.07, 6.45) is -4.07. The van der Waals surface area contributed by atoms with E-state index in [2.05, 4.69) is 9.72 Å². The van der Waals surface area contributed by atoms with Crippen LogP contribution in [0.3, 0.4) is 0 Å². The van der Waals surface area contributed by atoms with Crippen molar-refractivity contribution in [2.75, 3.05) is 0 Å². The van der Waals surface area contributed by atoms with Gasteiger partial charge in [0.25, 0.3) is 10.0 Å². The number of sulfonamides is 1. The molecule has 1 N–H and O–H groups in total. The van der Waals surface area contributed by atoms with Gasteiger partial charge >= 0.3 is 12.8 Å². The van der Waals surface area contributed by atoms with Crippen molar-refractivity contribution < 1.29 is 35.1 Å². The summed E-state index contributed by atoms with van der Waals surface area (Å²) in [4.78, 5) is 3.27. The lowest BCUT2D eigenvalue weighted by Crippen LogP contribution is -2.27. The molecule has 142 valence electrons. The first-order valence-corrected chi connectivity index (χ1v) is 8.62. The van der Waals surface area contributed by atoms with Crippen LogP contribution in [0.5, 0.6) is 5.75 Å². The Hall–Kier alpha value is -1.98. The van der Waals surface area contributed by atoms with Crippen molar-refractivity contribution in [2.24, 2.45) is 0 Å². The van der Waals surface area contributed by atoms with Gasteiger partial charge in [0.15, 0.2) is 5.03 Å². The van der Waals surface area contributed by atoms with Crippen molar-refractivity contribution in [3.8, 4) is 5.75 Å². The Kier molecular flexibility index (Phi) is 6.04. The van der Waals surface area contributed by atoms with Gasteiger partial charge in [-0.1, -0.05) is 17.7 Å². The van der Waals surface area contributed by atoms with Gasteiger partial charge in [-0.15, -0.1) is 0 Å². The lowest BCUT2D eigenvalue weighted by atomic mass is 10.2. The van der Waals surface area contributed by atoms with Gasteiger partial charge in [-0.25, -0.2) is 18.1 Å². The number of pyridine rings is 1. The molecule has 1 aromatic heterocycles. The molecule has 5 nitrogen and oxygen atoms in total. The molecule has 1 aromatic carbocycles. The fourth-order valence-electron chi connectivity index (χ4n) is 1.97. The van der Waals surface area contributed by atoms with Gasteiger partial charge < -0.3 is 4.74 Å². The third-order valence-electron chi connectivity index (χ3n) is 3.06. The Bertz CT molecular complexity index is 890. The van der Waals surface area contributed by atoms with Crippen molar-refractivity contribution in [2.45, 2.75) is 24.4 Å². The third kappa shape index (κ3) is 4.80. The molecule has 0 aliphatic rings. The van der Waals surface area contributed by atoms with E-state index in [-0.39, 0.29) is 10.6 Å². The minimum absolute atomic E-state index is 0.108. The molecular formula is C14H10ClF5N2O3S. The Morgan fingerprint density at radius 3 is 2.50 bits per heavy atom. The van der Waals surface area contributed by atoms with E-state index in [9.17, 15) is 30.4 Å². The standard InChI is InChI=1S/C14H10ClF5N2O3S/c15-10-4-1-5-11(25-13(16)17)8(10)7-22-26(23,24)12-9(14(18,19)20)3-2-6-21-12/h1-6,13,22H,7H2. The first-order chi connectivity index (χ1) is 12.0. The summed E-state index contributed by atoms with van der Waals surface area (Å²) in [6.45, 7) is -3.88. The first-order valence-electron chi connectivity index (χ1n) is 6.76. The smallest absolute Gasteiger partial charge is 0.419 e. The molecule has 0 spiro atoms. The van der Waals surface area contributed by atoms with E-state index >= 15 is 0 Å². The maximum atomic E-state index is 13.0. The molecule has 0 bridgehead atoms. The average Bonchev–Trinajstić information content (AvgIpc) is 2.53. The van der Waals surface area contributed by atoms with Crippen LogP contribution in [0.15, 0.2) is 41.6 Å². The molecule has 0 radical (unpaired) electrons. The molecule has 2 rings (SSSR count). The summed E-state index contributed by atoms with van der Waals surface area (Å²) in [5, 5.41) is -1.35. The van der Waals surface area contributed by atoms with E-state index in [1.165, 1.54) is 12.1 Å². The maximum absolute atomic E-state index is 13.0. The largest absolute Gasteiger partial charge is 0.434 e. The topological polar surface area (TPSA) is 68.3 Å². The second-order valence-corrected chi connectivity index (χ2v) is 6.86. The lowest BCUT2D eigenvalue weighted by Gasteiger charge is -2.15. The number of ether oxygens (including phenoxy) is 1. The second kappa shape index (κ2) is 7.72. The van der Waals surface area contributed by atoms with Crippen LogP contribution in [-0.2, 0) is 22.7 Å². The number of nitrogens with zero attached hydrogens (tertiary/aromatic N) is 1. The molecule has 12 heteroatoms. The normalized spacial score (nSPS) is 12.4. The molecule has 2 aromatic rings. The quantitative estimate of drug-likeness (QED) is 0.727. The highest BCUT2D eigenvalue weighted by Gasteiger charge is 2.38. The van der Waals surface area contributed by atoms with Crippen molar-refractivity contribution in [1.82, 2.24) is 9.71 Å². The van der Waals surface area contributed by atoms with Gasteiger partial charge in [0.1, 0.15) is 5.75 Å². The fraction of sp³-hybridized carbons (Fsp3) is 0.214.